The molecule has 0 saturated heterocycles. The van der Waals surface area contributed by atoms with E-state index in [2.05, 4.69) is 59.6 Å². The maximum atomic E-state index is 12.9. The molecule has 0 spiro atoms. The number of benzene rings is 2. The molecule has 1 aliphatic heterocycles. The monoisotopic (exact) mass is 539 g/mol. The van der Waals surface area contributed by atoms with Gasteiger partial charge in [-0.05, 0) is 25.0 Å². The number of amides is 2. The first-order chi connectivity index (χ1) is 19.3. The molecule has 2 aliphatic rings. The van der Waals surface area contributed by atoms with Gasteiger partial charge in [0, 0.05) is 48.1 Å². The average molecular weight is 540 g/mol. The number of nitrogens with zero attached hydrogens (tertiary/aromatic N) is 3. The molecule has 0 atom stereocenters. The number of hydrogen-bond acceptors (Lipinski definition) is 5. The molecule has 1 aromatic heterocycles. The van der Waals surface area contributed by atoms with Crippen LogP contribution in [0, 0.1) is 0 Å². The van der Waals surface area contributed by atoms with Crippen molar-refractivity contribution in [3.63, 3.8) is 0 Å². The van der Waals surface area contributed by atoms with Crippen molar-refractivity contribution < 1.29 is 14.3 Å². The van der Waals surface area contributed by atoms with Gasteiger partial charge in [0.05, 0.1) is 17.9 Å². The summed E-state index contributed by atoms with van der Waals surface area (Å²) < 4.78 is 13.6. The van der Waals surface area contributed by atoms with Crippen molar-refractivity contribution in [3.8, 4) is 5.75 Å². The van der Waals surface area contributed by atoms with Gasteiger partial charge in [-0.3, -0.25) is 10.00 Å². The highest BCUT2D eigenvalue weighted by atomic mass is 16.5. The third-order valence-electron chi connectivity index (χ3n) is 6.91. The first-order valence-corrected chi connectivity index (χ1v) is 13.7. The van der Waals surface area contributed by atoms with E-state index in [4.69, 9.17) is 9.47 Å². The quantitative estimate of drug-likeness (QED) is 0.316. The minimum atomic E-state index is -0.330. The van der Waals surface area contributed by atoms with E-state index in [1.165, 1.54) is 5.57 Å². The highest BCUT2D eigenvalue weighted by molar-refractivity contribution is 6.07. The number of fused-ring (bicyclic) bond motifs is 1. The van der Waals surface area contributed by atoms with E-state index in [9.17, 15) is 4.79 Å². The van der Waals surface area contributed by atoms with Gasteiger partial charge in [-0.1, -0.05) is 68.8 Å². The van der Waals surface area contributed by atoms with Crippen LogP contribution in [0.2, 0.25) is 0 Å². The first kappa shape index (κ1) is 27.1. The van der Waals surface area contributed by atoms with Crippen molar-refractivity contribution in [3.05, 3.63) is 96.4 Å². The van der Waals surface area contributed by atoms with Gasteiger partial charge in [-0.25, -0.2) is 4.79 Å². The van der Waals surface area contributed by atoms with E-state index in [1.807, 2.05) is 61.9 Å². The number of ether oxygens (including phenoxy) is 2. The fraction of sp³-hybridized carbons (Fsp3) is 0.312. The molecule has 208 valence electrons. The fourth-order valence-electron chi connectivity index (χ4n) is 4.69. The topological polar surface area (TPSA) is 80.7 Å². The summed E-state index contributed by atoms with van der Waals surface area (Å²) >= 11 is 0. The largest absolute Gasteiger partial charge is 0.491 e. The average Bonchev–Trinajstić information content (AvgIpc) is 3.31. The minimum Gasteiger partial charge on any atom is -0.491 e. The molecule has 0 radical (unpaired) electrons. The molecule has 0 fully saturated rings. The van der Waals surface area contributed by atoms with Crippen molar-refractivity contribution in [2.75, 3.05) is 23.8 Å². The van der Waals surface area contributed by atoms with E-state index in [-0.39, 0.29) is 11.4 Å². The van der Waals surface area contributed by atoms with Crippen molar-refractivity contribution in [2.45, 2.75) is 45.4 Å². The fourth-order valence-corrected chi connectivity index (χ4v) is 4.69. The summed E-state index contributed by atoms with van der Waals surface area (Å²) in [7, 11) is 1.82. The summed E-state index contributed by atoms with van der Waals surface area (Å²) in [5, 5.41) is 12.3. The number of anilines is 2. The molecular weight excluding hydrogens is 502 g/mol. The van der Waals surface area contributed by atoms with Crippen molar-refractivity contribution >= 4 is 28.3 Å². The number of carbonyl (C=O) groups excluding carboxylic acids is 1. The molecule has 2 amide bonds. The van der Waals surface area contributed by atoms with E-state index in [0.29, 0.717) is 24.7 Å². The van der Waals surface area contributed by atoms with Crippen LogP contribution in [0.15, 0.2) is 90.7 Å². The smallest absolute Gasteiger partial charge is 0.324 e. The number of aryl methyl sites for hydroxylation is 1. The third-order valence-corrected chi connectivity index (χ3v) is 6.91. The summed E-state index contributed by atoms with van der Waals surface area (Å²) in [5.41, 5.74) is 2.88. The zero-order chi connectivity index (χ0) is 28.1. The molecule has 8 heteroatoms. The van der Waals surface area contributed by atoms with Crippen LogP contribution in [0.25, 0.3) is 10.8 Å². The Bertz CT molecular complexity index is 1510. The summed E-state index contributed by atoms with van der Waals surface area (Å²) in [6, 6.07) is 13.3. The molecule has 2 heterocycles. The van der Waals surface area contributed by atoms with E-state index >= 15 is 0 Å². The lowest BCUT2D eigenvalue weighted by molar-refractivity contribution is 0.254. The maximum absolute atomic E-state index is 12.9. The number of allylic oxidation sites excluding steroid dienone is 4. The molecule has 0 unspecified atom stereocenters. The van der Waals surface area contributed by atoms with Gasteiger partial charge in [-0.15, -0.1) is 0 Å². The molecule has 3 aromatic rings. The van der Waals surface area contributed by atoms with Crippen molar-refractivity contribution in [2.24, 2.45) is 7.05 Å². The predicted octanol–water partition coefficient (Wildman–Crippen LogP) is 7.20. The summed E-state index contributed by atoms with van der Waals surface area (Å²) in [4.78, 5) is 15.0. The van der Waals surface area contributed by atoms with Crippen LogP contribution in [0.3, 0.4) is 0 Å². The Hall–Kier alpha value is -4.46. The number of aromatic nitrogens is 2. The van der Waals surface area contributed by atoms with E-state index in [1.54, 1.807) is 10.9 Å². The van der Waals surface area contributed by atoms with Gasteiger partial charge in [0.15, 0.2) is 0 Å². The number of urea groups is 1. The Morgan fingerprint density at radius 2 is 1.95 bits per heavy atom. The molecule has 5 rings (SSSR count). The molecular formula is C32H37N5O3. The third kappa shape index (κ3) is 6.57. The van der Waals surface area contributed by atoms with Crippen LogP contribution in [0.5, 0.6) is 5.75 Å². The van der Waals surface area contributed by atoms with Gasteiger partial charge < -0.3 is 19.7 Å². The molecule has 1 aliphatic carbocycles. The van der Waals surface area contributed by atoms with Crippen molar-refractivity contribution in [1.29, 1.82) is 0 Å². The number of hydrogen-bond donors (Lipinski definition) is 2. The Balaban J connectivity index is 1.22. The second kappa shape index (κ2) is 11.7. The lowest BCUT2D eigenvalue weighted by Crippen LogP contribution is -2.21. The number of nitrogens with one attached hydrogen (secondary N) is 2. The zero-order valence-corrected chi connectivity index (χ0v) is 23.6. The van der Waals surface area contributed by atoms with Gasteiger partial charge >= 0.3 is 6.03 Å². The van der Waals surface area contributed by atoms with Crippen LogP contribution in [-0.4, -0.2) is 33.9 Å². The van der Waals surface area contributed by atoms with E-state index < -0.39 is 0 Å². The highest BCUT2D eigenvalue weighted by Gasteiger charge is 2.20. The SMILES string of the molecule is Cn1nc(C(C)(C)C)cc1NC(=O)Nc1ccc(OCCN2C=COC(CC3=CC=CCC3)=C2)c2ccccc12. The second-order valence-corrected chi connectivity index (χ2v) is 11.1. The van der Waals surface area contributed by atoms with Crippen LogP contribution in [-0.2, 0) is 17.2 Å². The Kier molecular flexibility index (Phi) is 7.96. The van der Waals surface area contributed by atoms with Crippen LogP contribution >= 0.6 is 0 Å². The number of rotatable bonds is 8. The Morgan fingerprint density at radius 1 is 1.12 bits per heavy atom. The molecule has 2 N–H and O–H groups in total. The summed E-state index contributed by atoms with van der Waals surface area (Å²) in [6.07, 6.45) is 15.1. The van der Waals surface area contributed by atoms with Gasteiger partial charge in [-0.2, -0.15) is 5.10 Å². The molecule has 0 bridgehead atoms. The van der Waals surface area contributed by atoms with Gasteiger partial charge in [0.2, 0.25) is 0 Å². The standard InChI is InChI=1S/C32H37N5O3/c1-32(2,3)29-21-30(36(4)35-29)34-31(38)33-27-14-15-28(26-13-9-8-12-25(26)27)40-19-17-37-16-18-39-24(22-37)20-23-10-6-5-7-11-23/h5-6,8-10,12-16,18,21-22H,7,11,17,19-20H2,1-4H3,(H2,33,34,38). The number of carbonyl (C=O) groups is 1. The second-order valence-electron chi connectivity index (χ2n) is 11.1. The first-order valence-electron chi connectivity index (χ1n) is 13.7. The minimum absolute atomic E-state index is 0.110. The molecule has 40 heavy (non-hydrogen) atoms. The maximum Gasteiger partial charge on any atom is 0.324 e. The lowest BCUT2D eigenvalue weighted by atomic mass is 9.92. The Labute approximate surface area is 235 Å². The summed E-state index contributed by atoms with van der Waals surface area (Å²) in [5.74, 6) is 2.33. The predicted molar refractivity (Wildman–Crippen MR) is 160 cm³/mol. The van der Waals surface area contributed by atoms with Crippen LogP contribution in [0.1, 0.15) is 45.7 Å². The highest BCUT2D eigenvalue weighted by Crippen LogP contribution is 2.32. The van der Waals surface area contributed by atoms with E-state index in [0.717, 1.165) is 47.2 Å². The van der Waals surface area contributed by atoms with Crippen LogP contribution in [0.4, 0.5) is 16.3 Å². The molecule has 2 aromatic carbocycles. The lowest BCUT2D eigenvalue weighted by Gasteiger charge is -2.22. The van der Waals surface area contributed by atoms with Crippen molar-refractivity contribution in [1.82, 2.24) is 14.7 Å². The normalized spacial score (nSPS) is 14.9. The zero-order valence-electron chi connectivity index (χ0n) is 23.6. The summed E-state index contributed by atoms with van der Waals surface area (Å²) in [6.45, 7) is 7.45. The van der Waals surface area contributed by atoms with Gasteiger partial charge in [0.25, 0.3) is 0 Å². The molecule has 0 saturated carbocycles. The Morgan fingerprint density at radius 3 is 2.70 bits per heavy atom. The van der Waals surface area contributed by atoms with Gasteiger partial charge in [0.1, 0.15) is 30.2 Å². The molecule has 8 nitrogen and oxygen atoms in total. The van der Waals surface area contributed by atoms with Crippen LogP contribution < -0.4 is 15.4 Å².